The van der Waals surface area contributed by atoms with Gasteiger partial charge in [0.15, 0.2) is 0 Å². The van der Waals surface area contributed by atoms with Gasteiger partial charge in [-0.25, -0.2) is 8.78 Å². The lowest BCUT2D eigenvalue weighted by Crippen LogP contribution is -2.11. The largest absolute Gasteiger partial charge is 0.319 e. The van der Waals surface area contributed by atoms with Crippen LogP contribution < -0.4 is 5.32 Å². The lowest BCUT2D eigenvalue weighted by atomic mass is 10.1. The summed E-state index contributed by atoms with van der Waals surface area (Å²) in [5.74, 6) is -0.665. The first-order valence-corrected chi connectivity index (χ1v) is 4.24. The van der Waals surface area contributed by atoms with Gasteiger partial charge < -0.3 is 5.32 Å². The van der Waals surface area contributed by atoms with Gasteiger partial charge in [0, 0.05) is 0 Å². The van der Waals surface area contributed by atoms with Crippen molar-refractivity contribution >= 4 is 0 Å². The van der Waals surface area contributed by atoms with E-state index in [1.807, 2.05) is 0 Å². The van der Waals surface area contributed by atoms with Gasteiger partial charge in [-0.3, -0.25) is 0 Å². The molecule has 0 saturated heterocycles. The van der Waals surface area contributed by atoms with E-state index in [1.165, 1.54) is 12.1 Å². The van der Waals surface area contributed by atoms with Gasteiger partial charge in [-0.1, -0.05) is 0 Å². The van der Waals surface area contributed by atoms with Gasteiger partial charge in [0.1, 0.15) is 11.6 Å². The second-order valence-corrected chi connectivity index (χ2v) is 3.05. The molecule has 0 heterocycles. The Morgan fingerprint density at radius 1 is 1.23 bits per heavy atom. The average molecular weight is 185 g/mol. The van der Waals surface area contributed by atoms with Crippen LogP contribution in [0.4, 0.5) is 8.78 Å². The van der Waals surface area contributed by atoms with Crippen molar-refractivity contribution in [2.75, 3.05) is 13.6 Å². The number of hydrogen-bond acceptors (Lipinski definition) is 1. The zero-order valence-corrected chi connectivity index (χ0v) is 7.82. The summed E-state index contributed by atoms with van der Waals surface area (Å²) in [6, 6.07) is 2.50. The fourth-order valence-corrected chi connectivity index (χ4v) is 1.14. The standard InChI is InChI=1S/C10H13F2N/c1-7-5-10(12)8(3-4-13-2)6-9(7)11/h5-6,13H,3-4H2,1-2H3. The molecule has 1 rings (SSSR count). The van der Waals surface area contributed by atoms with Crippen molar-refractivity contribution in [1.29, 1.82) is 0 Å². The molecule has 1 nitrogen and oxygen atoms in total. The van der Waals surface area contributed by atoms with E-state index in [9.17, 15) is 8.78 Å². The highest BCUT2D eigenvalue weighted by Gasteiger charge is 2.06. The average Bonchev–Trinajstić information content (AvgIpc) is 2.09. The quantitative estimate of drug-likeness (QED) is 0.759. The summed E-state index contributed by atoms with van der Waals surface area (Å²) < 4.78 is 26.2. The van der Waals surface area contributed by atoms with Crippen LogP contribution in [-0.2, 0) is 6.42 Å². The van der Waals surface area contributed by atoms with Crippen LogP contribution in [0.1, 0.15) is 11.1 Å². The molecular formula is C10H13F2N. The maximum Gasteiger partial charge on any atom is 0.126 e. The third-order valence-electron chi connectivity index (χ3n) is 1.97. The number of benzene rings is 1. The highest BCUT2D eigenvalue weighted by Crippen LogP contribution is 2.14. The number of hydrogen-bond donors (Lipinski definition) is 1. The van der Waals surface area contributed by atoms with Crippen LogP contribution in [0.3, 0.4) is 0 Å². The molecule has 72 valence electrons. The van der Waals surface area contributed by atoms with Gasteiger partial charge >= 0.3 is 0 Å². The van der Waals surface area contributed by atoms with E-state index in [0.29, 0.717) is 24.1 Å². The predicted octanol–water partition coefficient (Wildman–Crippen LogP) is 2.04. The van der Waals surface area contributed by atoms with E-state index < -0.39 is 0 Å². The maximum atomic E-state index is 13.2. The van der Waals surface area contributed by atoms with E-state index in [0.717, 1.165) is 0 Å². The normalized spacial score (nSPS) is 10.5. The topological polar surface area (TPSA) is 12.0 Å². The minimum Gasteiger partial charge on any atom is -0.319 e. The van der Waals surface area contributed by atoms with E-state index in [2.05, 4.69) is 5.32 Å². The van der Waals surface area contributed by atoms with Crippen LogP contribution in [0.25, 0.3) is 0 Å². The molecule has 0 unspecified atom stereocenters. The molecule has 0 atom stereocenters. The summed E-state index contributed by atoms with van der Waals surface area (Å²) in [4.78, 5) is 0. The fourth-order valence-electron chi connectivity index (χ4n) is 1.14. The van der Waals surface area contributed by atoms with Crippen LogP contribution in [0.2, 0.25) is 0 Å². The van der Waals surface area contributed by atoms with Crippen molar-refractivity contribution < 1.29 is 8.78 Å². The Labute approximate surface area is 76.8 Å². The fraction of sp³-hybridized carbons (Fsp3) is 0.400. The van der Waals surface area contributed by atoms with E-state index in [4.69, 9.17) is 0 Å². The molecule has 1 aromatic carbocycles. The molecule has 0 aliphatic carbocycles. The lowest BCUT2D eigenvalue weighted by Gasteiger charge is -2.04. The number of halogens is 2. The summed E-state index contributed by atoms with van der Waals surface area (Å²) in [5.41, 5.74) is 0.781. The highest BCUT2D eigenvalue weighted by atomic mass is 19.1. The zero-order valence-electron chi connectivity index (χ0n) is 7.82. The molecule has 0 aromatic heterocycles. The van der Waals surface area contributed by atoms with Crippen LogP contribution >= 0.6 is 0 Å². The highest BCUT2D eigenvalue weighted by molar-refractivity contribution is 5.25. The molecule has 0 radical (unpaired) electrons. The van der Waals surface area contributed by atoms with Crippen molar-refractivity contribution in [2.24, 2.45) is 0 Å². The number of aryl methyl sites for hydroxylation is 1. The van der Waals surface area contributed by atoms with Gasteiger partial charge in [0.2, 0.25) is 0 Å². The van der Waals surface area contributed by atoms with Gasteiger partial charge in [-0.15, -0.1) is 0 Å². The second-order valence-electron chi connectivity index (χ2n) is 3.05. The molecular weight excluding hydrogens is 172 g/mol. The number of nitrogens with one attached hydrogen (secondary N) is 1. The molecule has 0 aliphatic rings. The van der Waals surface area contributed by atoms with E-state index >= 15 is 0 Å². The van der Waals surface area contributed by atoms with Crippen molar-refractivity contribution in [2.45, 2.75) is 13.3 Å². The summed E-state index contributed by atoms with van der Waals surface area (Å²) in [7, 11) is 1.78. The Morgan fingerprint density at radius 2 is 1.92 bits per heavy atom. The van der Waals surface area contributed by atoms with E-state index in [1.54, 1.807) is 14.0 Å². The molecule has 1 N–H and O–H groups in total. The number of likely N-dealkylation sites (N-methyl/N-ethyl adjacent to an activating group) is 1. The SMILES string of the molecule is CNCCc1cc(F)c(C)cc1F. The van der Waals surface area contributed by atoms with E-state index in [-0.39, 0.29) is 11.6 Å². The molecule has 0 saturated carbocycles. The third-order valence-corrected chi connectivity index (χ3v) is 1.97. The Kier molecular flexibility index (Phi) is 3.37. The van der Waals surface area contributed by atoms with Gasteiger partial charge in [0.05, 0.1) is 0 Å². The van der Waals surface area contributed by atoms with Crippen LogP contribution in [-0.4, -0.2) is 13.6 Å². The van der Waals surface area contributed by atoms with Crippen LogP contribution in [0.15, 0.2) is 12.1 Å². The predicted molar refractivity (Wildman–Crippen MR) is 48.7 cm³/mol. The Hall–Kier alpha value is -0.960. The molecule has 0 spiro atoms. The molecule has 13 heavy (non-hydrogen) atoms. The summed E-state index contributed by atoms with van der Waals surface area (Å²) in [6.45, 7) is 2.21. The van der Waals surface area contributed by atoms with Gasteiger partial charge in [-0.2, -0.15) is 0 Å². The Morgan fingerprint density at radius 3 is 2.54 bits per heavy atom. The summed E-state index contributed by atoms with van der Waals surface area (Å²) >= 11 is 0. The molecule has 0 amide bonds. The maximum absolute atomic E-state index is 13.2. The lowest BCUT2D eigenvalue weighted by molar-refractivity contribution is 0.575. The first-order valence-electron chi connectivity index (χ1n) is 4.24. The third kappa shape index (κ3) is 2.49. The smallest absolute Gasteiger partial charge is 0.126 e. The van der Waals surface area contributed by atoms with Crippen LogP contribution in [0.5, 0.6) is 0 Å². The van der Waals surface area contributed by atoms with Crippen LogP contribution in [0, 0.1) is 18.6 Å². The minimum absolute atomic E-state index is 0.325. The summed E-state index contributed by atoms with van der Waals surface area (Å²) in [6.07, 6.45) is 0.513. The molecule has 3 heteroatoms. The van der Waals surface area contributed by atoms with Gasteiger partial charge in [0.25, 0.3) is 0 Å². The Balaban J connectivity index is 2.88. The first kappa shape index (κ1) is 10.1. The molecule has 0 aliphatic heterocycles. The first-order chi connectivity index (χ1) is 6.15. The van der Waals surface area contributed by atoms with Crippen molar-refractivity contribution in [1.82, 2.24) is 5.32 Å². The monoisotopic (exact) mass is 185 g/mol. The Bertz CT molecular complexity index is 297. The molecule has 0 fully saturated rings. The number of rotatable bonds is 3. The van der Waals surface area contributed by atoms with Crippen molar-refractivity contribution in [3.8, 4) is 0 Å². The minimum atomic E-state index is -0.340. The zero-order chi connectivity index (χ0) is 9.84. The van der Waals surface area contributed by atoms with Crippen molar-refractivity contribution in [3.63, 3.8) is 0 Å². The summed E-state index contributed by atoms with van der Waals surface area (Å²) in [5, 5.41) is 2.89. The second kappa shape index (κ2) is 4.33. The molecule has 0 bridgehead atoms. The molecule has 1 aromatic rings. The van der Waals surface area contributed by atoms with Crippen molar-refractivity contribution in [3.05, 3.63) is 34.9 Å². The van der Waals surface area contributed by atoms with Gasteiger partial charge in [-0.05, 0) is 50.2 Å².